The number of carbonyl (C=O) groups is 1. The number of ether oxygens (including phenoxy) is 1. The zero-order chi connectivity index (χ0) is 13.0. The molecule has 0 radical (unpaired) electrons. The van der Waals surface area contributed by atoms with E-state index in [1.54, 1.807) is 24.3 Å². The SMILES string of the molecule is O=Cc1ccccc1OCc1nccn1C(F)F. The van der Waals surface area contributed by atoms with Crippen LogP contribution >= 0.6 is 0 Å². The number of rotatable bonds is 5. The average molecular weight is 252 g/mol. The Morgan fingerprint density at radius 1 is 1.39 bits per heavy atom. The topological polar surface area (TPSA) is 44.1 Å². The van der Waals surface area contributed by atoms with Crippen molar-refractivity contribution < 1.29 is 18.3 Å². The van der Waals surface area contributed by atoms with Crippen LogP contribution in [0.5, 0.6) is 5.75 Å². The molecule has 1 heterocycles. The molecule has 0 aliphatic heterocycles. The van der Waals surface area contributed by atoms with Crippen LogP contribution in [-0.4, -0.2) is 15.8 Å². The first-order valence-electron chi connectivity index (χ1n) is 5.19. The standard InChI is InChI=1S/C12H10F2N2O2/c13-12(14)16-6-5-15-11(16)8-18-10-4-2-1-3-9(10)7-17/h1-7,12H,8H2. The fourth-order valence-electron chi connectivity index (χ4n) is 1.49. The van der Waals surface area contributed by atoms with Gasteiger partial charge in [0.25, 0.3) is 0 Å². The number of nitrogens with zero attached hydrogens (tertiary/aromatic N) is 2. The molecule has 18 heavy (non-hydrogen) atoms. The summed E-state index contributed by atoms with van der Waals surface area (Å²) in [6, 6.07) is 6.57. The van der Waals surface area contributed by atoms with Gasteiger partial charge in [0.15, 0.2) is 12.1 Å². The highest BCUT2D eigenvalue weighted by molar-refractivity contribution is 5.79. The lowest BCUT2D eigenvalue weighted by Crippen LogP contribution is -2.07. The first-order chi connectivity index (χ1) is 8.72. The fraction of sp³-hybridized carbons (Fsp3) is 0.167. The summed E-state index contributed by atoms with van der Waals surface area (Å²) >= 11 is 0. The molecule has 0 bridgehead atoms. The molecule has 0 spiro atoms. The van der Waals surface area contributed by atoms with Crippen molar-refractivity contribution in [1.29, 1.82) is 0 Å². The summed E-state index contributed by atoms with van der Waals surface area (Å²) in [6.07, 6.45) is 3.10. The second kappa shape index (κ2) is 5.39. The van der Waals surface area contributed by atoms with Crippen LogP contribution in [0, 0.1) is 0 Å². The van der Waals surface area contributed by atoms with E-state index in [9.17, 15) is 13.6 Å². The van der Waals surface area contributed by atoms with Crippen LogP contribution in [0.3, 0.4) is 0 Å². The van der Waals surface area contributed by atoms with Crippen LogP contribution in [0.15, 0.2) is 36.7 Å². The first-order valence-corrected chi connectivity index (χ1v) is 5.19. The Balaban J connectivity index is 2.11. The van der Waals surface area contributed by atoms with Crippen molar-refractivity contribution in [3.8, 4) is 5.75 Å². The van der Waals surface area contributed by atoms with Crippen molar-refractivity contribution in [2.45, 2.75) is 13.2 Å². The molecule has 0 amide bonds. The highest BCUT2D eigenvalue weighted by Crippen LogP contribution is 2.18. The number of hydrogen-bond acceptors (Lipinski definition) is 3. The molecule has 0 atom stereocenters. The summed E-state index contributed by atoms with van der Waals surface area (Å²) in [5, 5.41) is 0. The fourth-order valence-corrected chi connectivity index (χ4v) is 1.49. The van der Waals surface area contributed by atoms with Crippen LogP contribution in [0.1, 0.15) is 22.7 Å². The van der Waals surface area contributed by atoms with Gasteiger partial charge in [-0.05, 0) is 12.1 Å². The van der Waals surface area contributed by atoms with E-state index in [0.717, 1.165) is 0 Å². The molecule has 1 aromatic heterocycles. The lowest BCUT2D eigenvalue weighted by molar-refractivity contribution is 0.0631. The van der Waals surface area contributed by atoms with E-state index >= 15 is 0 Å². The molecule has 0 unspecified atom stereocenters. The maximum absolute atomic E-state index is 12.5. The minimum Gasteiger partial charge on any atom is -0.485 e. The van der Waals surface area contributed by atoms with Gasteiger partial charge < -0.3 is 4.74 Å². The van der Waals surface area contributed by atoms with Gasteiger partial charge in [0.05, 0.1) is 5.56 Å². The second-order valence-electron chi connectivity index (χ2n) is 3.47. The molecule has 0 aliphatic rings. The van der Waals surface area contributed by atoms with Gasteiger partial charge in [-0.2, -0.15) is 8.78 Å². The molecule has 0 saturated carbocycles. The van der Waals surface area contributed by atoms with Crippen LogP contribution in [0.4, 0.5) is 8.78 Å². The van der Waals surface area contributed by atoms with Crippen molar-refractivity contribution in [1.82, 2.24) is 9.55 Å². The van der Waals surface area contributed by atoms with E-state index < -0.39 is 6.55 Å². The van der Waals surface area contributed by atoms with Gasteiger partial charge in [-0.15, -0.1) is 0 Å². The van der Waals surface area contributed by atoms with E-state index in [-0.39, 0.29) is 12.4 Å². The Morgan fingerprint density at radius 3 is 2.89 bits per heavy atom. The van der Waals surface area contributed by atoms with Gasteiger partial charge in [-0.25, -0.2) is 4.98 Å². The monoisotopic (exact) mass is 252 g/mol. The van der Waals surface area contributed by atoms with Crippen LogP contribution < -0.4 is 4.74 Å². The lowest BCUT2D eigenvalue weighted by Gasteiger charge is -2.09. The van der Waals surface area contributed by atoms with Gasteiger partial charge in [0, 0.05) is 12.4 Å². The van der Waals surface area contributed by atoms with Crippen molar-refractivity contribution in [3.05, 3.63) is 48.0 Å². The van der Waals surface area contributed by atoms with Gasteiger partial charge in [-0.3, -0.25) is 9.36 Å². The third-order valence-corrected chi connectivity index (χ3v) is 2.36. The number of hydrogen-bond donors (Lipinski definition) is 0. The summed E-state index contributed by atoms with van der Waals surface area (Å²) < 4.78 is 31.1. The van der Waals surface area contributed by atoms with Crippen molar-refractivity contribution in [2.75, 3.05) is 0 Å². The number of imidazole rings is 1. The molecule has 0 fully saturated rings. The quantitative estimate of drug-likeness (QED) is 0.768. The zero-order valence-corrected chi connectivity index (χ0v) is 9.29. The molecular formula is C12H10F2N2O2. The van der Waals surface area contributed by atoms with Crippen molar-refractivity contribution >= 4 is 6.29 Å². The van der Waals surface area contributed by atoms with Crippen LogP contribution in [0.25, 0.3) is 0 Å². The zero-order valence-electron chi connectivity index (χ0n) is 9.29. The maximum Gasteiger partial charge on any atom is 0.320 e. The van der Waals surface area contributed by atoms with Crippen LogP contribution in [0.2, 0.25) is 0 Å². The van der Waals surface area contributed by atoms with Gasteiger partial charge in [0.1, 0.15) is 12.4 Å². The second-order valence-corrected chi connectivity index (χ2v) is 3.47. The Hall–Kier alpha value is -2.24. The minimum absolute atomic E-state index is 0.103. The van der Waals surface area contributed by atoms with Gasteiger partial charge >= 0.3 is 6.55 Å². The van der Waals surface area contributed by atoms with E-state index in [1.807, 2.05) is 0 Å². The number of carbonyl (C=O) groups excluding carboxylic acids is 1. The molecule has 2 aromatic rings. The van der Waals surface area contributed by atoms with Crippen LogP contribution in [-0.2, 0) is 6.61 Å². The minimum atomic E-state index is -2.66. The predicted octanol–water partition coefficient (Wildman–Crippen LogP) is 2.67. The van der Waals surface area contributed by atoms with Crippen molar-refractivity contribution in [3.63, 3.8) is 0 Å². The molecular weight excluding hydrogens is 242 g/mol. The summed E-state index contributed by atoms with van der Waals surface area (Å²) in [7, 11) is 0. The molecule has 94 valence electrons. The highest BCUT2D eigenvalue weighted by atomic mass is 19.3. The van der Waals surface area contributed by atoms with E-state index in [2.05, 4.69) is 4.98 Å². The number of halogens is 2. The first kappa shape index (κ1) is 12.2. The number of para-hydroxylation sites is 1. The predicted molar refractivity (Wildman–Crippen MR) is 59.6 cm³/mol. The number of aldehydes is 1. The van der Waals surface area contributed by atoms with Gasteiger partial charge in [-0.1, -0.05) is 12.1 Å². The van der Waals surface area contributed by atoms with Crippen molar-refractivity contribution in [2.24, 2.45) is 0 Å². The Kier molecular flexibility index (Phi) is 3.66. The van der Waals surface area contributed by atoms with E-state index in [0.29, 0.717) is 22.2 Å². The van der Waals surface area contributed by atoms with Gasteiger partial charge in [0.2, 0.25) is 0 Å². The Labute approximate surface area is 102 Å². The summed E-state index contributed by atoms with van der Waals surface area (Å²) in [5.74, 6) is 0.446. The molecule has 6 heteroatoms. The normalized spacial score (nSPS) is 10.6. The summed E-state index contributed by atoms with van der Waals surface area (Å²) in [4.78, 5) is 14.5. The Morgan fingerprint density at radius 2 is 2.17 bits per heavy atom. The smallest absolute Gasteiger partial charge is 0.320 e. The lowest BCUT2D eigenvalue weighted by atomic mass is 10.2. The average Bonchev–Trinajstić information content (AvgIpc) is 2.85. The molecule has 0 N–H and O–H groups in total. The molecule has 1 aromatic carbocycles. The number of benzene rings is 1. The molecule has 0 aliphatic carbocycles. The number of aromatic nitrogens is 2. The molecule has 0 saturated heterocycles. The Bertz CT molecular complexity index is 540. The third kappa shape index (κ3) is 2.53. The maximum atomic E-state index is 12.5. The largest absolute Gasteiger partial charge is 0.485 e. The highest BCUT2D eigenvalue weighted by Gasteiger charge is 2.12. The molecule has 4 nitrogen and oxygen atoms in total. The third-order valence-electron chi connectivity index (χ3n) is 2.36. The number of alkyl halides is 2. The van der Waals surface area contributed by atoms with E-state index in [1.165, 1.54) is 12.4 Å². The summed E-state index contributed by atoms with van der Waals surface area (Å²) in [6.45, 7) is -2.78. The molecule has 2 rings (SSSR count). The summed E-state index contributed by atoms with van der Waals surface area (Å²) in [5.41, 5.74) is 0.368. The van der Waals surface area contributed by atoms with E-state index in [4.69, 9.17) is 4.74 Å².